The third kappa shape index (κ3) is 3.04. The molecule has 1 saturated carbocycles. The Hall–Kier alpha value is -0.930. The molecule has 3 rings (SSSR count). The van der Waals surface area contributed by atoms with Gasteiger partial charge in [0.05, 0.1) is 24.3 Å². The minimum atomic E-state index is -0.465. The molecule has 0 aromatic heterocycles. The van der Waals surface area contributed by atoms with Gasteiger partial charge in [0.25, 0.3) is 0 Å². The molecule has 0 bridgehead atoms. The van der Waals surface area contributed by atoms with Crippen molar-refractivity contribution in [3.8, 4) is 11.5 Å². The molecule has 1 heterocycles. The first-order valence-corrected chi connectivity index (χ1v) is 7.89. The third-order valence-electron chi connectivity index (χ3n) is 4.24. The maximum Gasteiger partial charge on any atom is 0.179 e. The Balaban J connectivity index is 1.78. The Kier molecular flexibility index (Phi) is 4.37. The van der Waals surface area contributed by atoms with E-state index in [1.54, 1.807) is 0 Å². The van der Waals surface area contributed by atoms with E-state index in [9.17, 15) is 5.11 Å². The quantitative estimate of drug-likeness (QED) is 0.912. The summed E-state index contributed by atoms with van der Waals surface area (Å²) in [6.07, 6.45) is 6.25. The Morgan fingerprint density at radius 2 is 1.90 bits per heavy atom. The Morgan fingerprint density at radius 1 is 1.15 bits per heavy atom. The van der Waals surface area contributed by atoms with Crippen molar-refractivity contribution in [2.75, 3.05) is 13.2 Å². The van der Waals surface area contributed by atoms with Gasteiger partial charge < -0.3 is 14.6 Å². The number of halogens is 1. The Labute approximate surface area is 124 Å². The fourth-order valence-electron chi connectivity index (χ4n) is 3.14. The maximum absolute atomic E-state index is 10.4. The highest BCUT2D eigenvalue weighted by atomic mass is 35.5. The van der Waals surface area contributed by atoms with Gasteiger partial charge in [0.2, 0.25) is 0 Å². The van der Waals surface area contributed by atoms with Gasteiger partial charge in [-0.3, -0.25) is 0 Å². The van der Waals surface area contributed by atoms with E-state index in [0.717, 1.165) is 18.4 Å². The lowest BCUT2D eigenvalue weighted by molar-refractivity contribution is 0.144. The van der Waals surface area contributed by atoms with Gasteiger partial charge in [0.1, 0.15) is 0 Å². The van der Waals surface area contributed by atoms with E-state index in [1.165, 1.54) is 25.7 Å². The second-order valence-electron chi connectivity index (χ2n) is 5.78. The zero-order valence-electron chi connectivity index (χ0n) is 11.6. The van der Waals surface area contributed by atoms with Gasteiger partial charge in [0.15, 0.2) is 11.5 Å². The molecule has 0 saturated heterocycles. The molecule has 1 fully saturated rings. The van der Waals surface area contributed by atoms with E-state index < -0.39 is 6.10 Å². The number of aliphatic hydroxyl groups is 1. The van der Waals surface area contributed by atoms with Gasteiger partial charge in [-0.05, 0) is 30.0 Å². The topological polar surface area (TPSA) is 38.7 Å². The van der Waals surface area contributed by atoms with Gasteiger partial charge in [-0.2, -0.15) is 0 Å². The Morgan fingerprint density at radius 3 is 2.70 bits per heavy atom. The van der Waals surface area contributed by atoms with Crippen molar-refractivity contribution >= 4 is 11.6 Å². The SMILES string of the molecule is OC(CC1CCCC1)c1cc(Cl)c2c(c1)OCCCO2. The van der Waals surface area contributed by atoms with Crippen molar-refractivity contribution in [3.05, 3.63) is 22.7 Å². The summed E-state index contributed by atoms with van der Waals surface area (Å²) in [6, 6.07) is 3.70. The maximum atomic E-state index is 10.4. The normalized spacial score (nSPS) is 20.7. The first-order valence-electron chi connectivity index (χ1n) is 7.51. The van der Waals surface area contributed by atoms with Crippen LogP contribution in [0.3, 0.4) is 0 Å². The van der Waals surface area contributed by atoms with E-state index in [2.05, 4.69) is 0 Å². The van der Waals surface area contributed by atoms with Crippen LogP contribution in [0.4, 0.5) is 0 Å². The number of ether oxygens (including phenoxy) is 2. The molecule has 0 amide bonds. The molecule has 1 aliphatic carbocycles. The molecule has 1 N–H and O–H groups in total. The zero-order chi connectivity index (χ0) is 13.9. The lowest BCUT2D eigenvalue weighted by atomic mass is 9.95. The lowest BCUT2D eigenvalue weighted by Gasteiger charge is -2.18. The van der Waals surface area contributed by atoms with Crippen molar-refractivity contribution in [2.24, 2.45) is 5.92 Å². The van der Waals surface area contributed by atoms with Crippen LogP contribution in [-0.4, -0.2) is 18.3 Å². The van der Waals surface area contributed by atoms with Gasteiger partial charge in [-0.25, -0.2) is 0 Å². The van der Waals surface area contributed by atoms with Crippen molar-refractivity contribution in [1.82, 2.24) is 0 Å². The van der Waals surface area contributed by atoms with Crippen LogP contribution >= 0.6 is 11.6 Å². The molecule has 2 aliphatic rings. The molecule has 3 nitrogen and oxygen atoms in total. The van der Waals surface area contributed by atoms with Crippen molar-refractivity contribution < 1.29 is 14.6 Å². The predicted molar refractivity (Wildman–Crippen MR) is 78.6 cm³/mol. The minimum absolute atomic E-state index is 0.465. The lowest BCUT2D eigenvalue weighted by Crippen LogP contribution is -2.05. The van der Waals surface area contributed by atoms with Gasteiger partial charge in [-0.1, -0.05) is 37.3 Å². The smallest absolute Gasteiger partial charge is 0.179 e. The van der Waals surface area contributed by atoms with Crippen LogP contribution in [0.2, 0.25) is 5.02 Å². The van der Waals surface area contributed by atoms with Crippen molar-refractivity contribution in [1.29, 1.82) is 0 Å². The summed E-state index contributed by atoms with van der Waals surface area (Å²) in [4.78, 5) is 0. The van der Waals surface area contributed by atoms with Crippen molar-refractivity contribution in [2.45, 2.75) is 44.6 Å². The summed E-state index contributed by atoms with van der Waals surface area (Å²) in [5, 5.41) is 11.0. The zero-order valence-corrected chi connectivity index (χ0v) is 12.4. The molecule has 110 valence electrons. The Bertz CT molecular complexity index is 469. The molecule has 0 spiro atoms. The molecular formula is C16H21ClO3. The largest absolute Gasteiger partial charge is 0.489 e. The van der Waals surface area contributed by atoms with Crippen LogP contribution in [0.1, 0.15) is 50.2 Å². The molecule has 20 heavy (non-hydrogen) atoms. The van der Waals surface area contributed by atoms with Crippen LogP contribution in [0.25, 0.3) is 0 Å². The highest BCUT2D eigenvalue weighted by molar-refractivity contribution is 6.32. The van der Waals surface area contributed by atoms with Crippen LogP contribution in [-0.2, 0) is 0 Å². The predicted octanol–water partition coefficient (Wildman–Crippen LogP) is 4.12. The number of aliphatic hydroxyl groups excluding tert-OH is 1. The molecule has 1 aromatic rings. The first kappa shape index (κ1) is 14.0. The summed E-state index contributed by atoms with van der Waals surface area (Å²) in [5.41, 5.74) is 0.839. The van der Waals surface area contributed by atoms with Crippen LogP contribution in [0, 0.1) is 5.92 Å². The summed E-state index contributed by atoms with van der Waals surface area (Å²) in [7, 11) is 0. The number of fused-ring (bicyclic) bond motifs is 1. The molecule has 4 heteroatoms. The third-order valence-corrected chi connectivity index (χ3v) is 4.52. The second kappa shape index (κ2) is 6.23. The van der Waals surface area contributed by atoms with E-state index in [-0.39, 0.29) is 0 Å². The highest BCUT2D eigenvalue weighted by Crippen LogP contribution is 2.41. The van der Waals surface area contributed by atoms with Crippen LogP contribution in [0.5, 0.6) is 11.5 Å². The number of hydrogen-bond donors (Lipinski definition) is 1. The molecule has 0 radical (unpaired) electrons. The van der Waals surface area contributed by atoms with E-state index >= 15 is 0 Å². The summed E-state index contributed by atoms with van der Waals surface area (Å²) in [5.74, 6) is 1.91. The standard InChI is InChI=1S/C16H21ClO3/c17-13-9-12(14(18)8-11-4-1-2-5-11)10-15-16(13)20-7-3-6-19-15/h9-11,14,18H,1-8H2. The molecular weight excluding hydrogens is 276 g/mol. The van der Waals surface area contributed by atoms with E-state index in [0.29, 0.717) is 35.7 Å². The van der Waals surface area contributed by atoms with Gasteiger partial charge in [-0.15, -0.1) is 0 Å². The fraction of sp³-hybridized carbons (Fsp3) is 0.625. The average molecular weight is 297 g/mol. The number of benzene rings is 1. The summed E-state index contributed by atoms with van der Waals surface area (Å²) < 4.78 is 11.3. The van der Waals surface area contributed by atoms with E-state index in [4.69, 9.17) is 21.1 Å². The number of rotatable bonds is 3. The fourth-order valence-corrected chi connectivity index (χ4v) is 3.41. The molecule has 1 aliphatic heterocycles. The second-order valence-corrected chi connectivity index (χ2v) is 6.19. The average Bonchev–Trinajstić information content (AvgIpc) is 2.81. The van der Waals surface area contributed by atoms with Crippen molar-refractivity contribution in [3.63, 3.8) is 0 Å². The molecule has 1 aromatic carbocycles. The monoisotopic (exact) mass is 296 g/mol. The first-order chi connectivity index (χ1) is 9.74. The van der Waals surface area contributed by atoms with Gasteiger partial charge in [0, 0.05) is 6.42 Å². The molecule has 1 unspecified atom stereocenters. The molecule has 1 atom stereocenters. The van der Waals surface area contributed by atoms with E-state index in [1.807, 2.05) is 12.1 Å². The van der Waals surface area contributed by atoms with Crippen LogP contribution < -0.4 is 9.47 Å². The summed E-state index contributed by atoms with van der Waals surface area (Å²) >= 11 is 6.26. The van der Waals surface area contributed by atoms with Crippen LogP contribution in [0.15, 0.2) is 12.1 Å². The highest BCUT2D eigenvalue weighted by Gasteiger charge is 2.22. The minimum Gasteiger partial charge on any atom is -0.489 e. The number of hydrogen-bond acceptors (Lipinski definition) is 3. The summed E-state index contributed by atoms with van der Waals surface area (Å²) in [6.45, 7) is 1.25. The van der Waals surface area contributed by atoms with Gasteiger partial charge >= 0.3 is 0 Å².